The van der Waals surface area contributed by atoms with Crippen molar-refractivity contribution in [3.63, 3.8) is 0 Å². The number of amides is 2. The normalized spacial score (nSPS) is 18.0. The molecule has 0 atom stereocenters. The van der Waals surface area contributed by atoms with Crippen LogP contribution in [0.5, 0.6) is 0 Å². The van der Waals surface area contributed by atoms with Crippen molar-refractivity contribution in [2.45, 2.75) is 6.42 Å². The van der Waals surface area contributed by atoms with E-state index in [1.54, 1.807) is 24.3 Å². The first-order valence-corrected chi connectivity index (χ1v) is 5.32. The van der Waals surface area contributed by atoms with Crippen LogP contribution in [0.1, 0.15) is 12.0 Å². The van der Waals surface area contributed by atoms with Crippen LogP contribution in [0.25, 0.3) is 6.08 Å². The number of rotatable bonds is 1. The van der Waals surface area contributed by atoms with Gasteiger partial charge in [0.2, 0.25) is 5.91 Å². The van der Waals surface area contributed by atoms with Crippen molar-refractivity contribution in [1.29, 1.82) is 0 Å². The maximum absolute atomic E-state index is 11.3. The van der Waals surface area contributed by atoms with Gasteiger partial charge in [0.15, 0.2) is 0 Å². The molecule has 0 spiro atoms. The van der Waals surface area contributed by atoms with Gasteiger partial charge < -0.3 is 0 Å². The topological polar surface area (TPSA) is 46.2 Å². The van der Waals surface area contributed by atoms with Gasteiger partial charge in [-0.3, -0.25) is 14.9 Å². The third-order valence-corrected chi connectivity index (χ3v) is 2.87. The summed E-state index contributed by atoms with van der Waals surface area (Å²) in [5, 5.41) is 3.10. The van der Waals surface area contributed by atoms with Crippen LogP contribution < -0.4 is 5.32 Å². The monoisotopic (exact) mass is 255 g/mol. The molecule has 16 heavy (non-hydrogen) atoms. The summed E-state index contributed by atoms with van der Waals surface area (Å²) in [7, 11) is 0. The average Bonchev–Trinajstić information content (AvgIpc) is 2.51. The molecule has 1 fully saturated rings. The second-order valence-electron chi connectivity index (χ2n) is 3.36. The van der Waals surface area contributed by atoms with Crippen molar-refractivity contribution in [1.82, 2.24) is 5.32 Å². The largest absolute Gasteiger partial charge is 0.292 e. The van der Waals surface area contributed by atoms with Crippen LogP contribution in [0.4, 0.5) is 0 Å². The highest BCUT2D eigenvalue weighted by Crippen LogP contribution is 2.27. The summed E-state index contributed by atoms with van der Waals surface area (Å²) in [6, 6.07) is 5.07. The molecule has 0 saturated carbocycles. The van der Waals surface area contributed by atoms with E-state index < -0.39 is 0 Å². The fraction of sp³-hybridized carbons (Fsp3) is 0.0909. The van der Waals surface area contributed by atoms with Crippen LogP contribution in [-0.4, -0.2) is 11.8 Å². The van der Waals surface area contributed by atoms with Gasteiger partial charge in [-0.1, -0.05) is 29.3 Å². The van der Waals surface area contributed by atoms with Gasteiger partial charge in [-0.2, -0.15) is 0 Å². The number of halogens is 2. The molecule has 5 heteroatoms. The zero-order valence-electron chi connectivity index (χ0n) is 8.09. The summed E-state index contributed by atoms with van der Waals surface area (Å²) >= 11 is 11.9. The lowest BCUT2D eigenvalue weighted by atomic mass is 10.1. The average molecular weight is 256 g/mol. The lowest BCUT2D eigenvalue weighted by Crippen LogP contribution is -2.19. The maximum Gasteiger partial charge on any atom is 0.254 e. The Balaban J connectivity index is 2.44. The smallest absolute Gasteiger partial charge is 0.254 e. The maximum atomic E-state index is 11.3. The zero-order valence-corrected chi connectivity index (χ0v) is 9.60. The number of carbonyl (C=O) groups is 2. The lowest BCUT2D eigenvalue weighted by Gasteiger charge is -2.01. The van der Waals surface area contributed by atoms with Gasteiger partial charge in [0, 0.05) is 21.2 Å². The van der Waals surface area contributed by atoms with Gasteiger partial charge in [0.25, 0.3) is 5.91 Å². The van der Waals surface area contributed by atoms with E-state index in [0.29, 0.717) is 21.2 Å². The summed E-state index contributed by atoms with van der Waals surface area (Å²) in [6.07, 6.45) is 1.62. The van der Waals surface area contributed by atoms with Crippen molar-refractivity contribution in [2.75, 3.05) is 0 Å². The van der Waals surface area contributed by atoms with Crippen LogP contribution in [0.3, 0.4) is 0 Å². The number of nitrogens with one attached hydrogen (secondary N) is 1. The summed E-state index contributed by atoms with van der Waals surface area (Å²) in [4.78, 5) is 22.3. The van der Waals surface area contributed by atoms with Crippen LogP contribution >= 0.6 is 23.2 Å². The number of hydrogen-bond donors (Lipinski definition) is 1. The molecule has 1 aliphatic heterocycles. The number of hydrogen-bond acceptors (Lipinski definition) is 2. The fourth-order valence-corrected chi connectivity index (χ4v) is 1.95. The first-order valence-electron chi connectivity index (χ1n) is 4.56. The highest BCUT2D eigenvalue weighted by atomic mass is 35.5. The second-order valence-corrected chi connectivity index (χ2v) is 4.17. The van der Waals surface area contributed by atoms with E-state index in [2.05, 4.69) is 5.32 Å². The van der Waals surface area contributed by atoms with Crippen molar-refractivity contribution in [3.05, 3.63) is 39.4 Å². The molecule has 1 heterocycles. The Morgan fingerprint density at radius 1 is 1.19 bits per heavy atom. The SMILES string of the molecule is O=C1CC(=Cc2c(Cl)cccc2Cl)C(=O)N1. The second kappa shape index (κ2) is 4.28. The molecule has 0 radical (unpaired) electrons. The highest BCUT2D eigenvalue weighted by molar-refractivity contribution is 6.37. The Morgan fingerprint density at radius 3 is 2.31 bits per heavy atom. The Hall–Kier alpha value is -1.32. The number of imide groups is 1. The predicted octanol–water partition coefficient (Wildman–Crippen LogP) is 2.42. The predicted molar refractivity (Wildman–Crippen MR) is 62.2 cm³/mol. The Kier molecular flexibility index (Phi) is 2.99. The van der Waals surface area contributed by atoms with Gasteiger partial charge in [0.05, 0.1) is 6.42 Å². The molecule has 1 aromatic carbocycles. The molecule has 1 N–H and O–H groups in total. The van der Waals surface area contributed by atoms with Crippen molar-refractivity contribution in [2.24, 2.45) is 0 Å². The molecule has 1 aliphatic rings. The van der Waals surface area contributed by atoms with Crippen molar-refractivity contribution < 1.29 is 9.59 Å². The van der Waals surface area contributed by atoms with Gasteiger partial charge in [-0.25, -0.2) is 0 Å². The molecule has 0 bridgehead atoms. The first-order chi connectivity index (χ1) is 7.58. The highest BCUT2D eigenvalue weighted by Gasteiger charge is 2.24. The molecule has 1 saturated heterocycles. The van der Waals surface area contributed by atoms with Gasteiger partial charge in [-0.15, -0.1) is 0 Å². The van der Waals surface area contributed by atoms with E-state index in [0.717, 1.165) is 0 Å². The van der Waals surface area contributed by atoms with Gasteiger partial charge >= 0.3 is 0 Å². The van der Waals surface area contributed by atoms with E-state index in [9.17, 15) is 9.59 Å². The number of benzene rings is 1. The molecule has 2 rings (SSSR count). The first kappa shape index (κ1) is 11.2. The molecule has 0 unspecified atom stereocenters. The van der Waals surface area contributed by atoms with Crippen molar-refractivity contribution >= 4 is 41.1 Å². The summed E-state index contributed by atoms with van der Waals surface area (Å²) in [5.41, 5.74) is 0.936. The third-order valence-electron chi connectivity index (χ3n) is 2.21. The molecule has 3 nitrogen and oxygen atoms in total. The van der Waals surface area contributed by atoms with Crippen LogP contribution in [-0.2, 0) is 9.59 Å². The Labute approximate surface area is 102 Å². The van der Waals surface area contributed by atoms with Gasteiger partial charge in [0.1, 0.15) is 0 Å². The van der Waals surface area contributed by atoms with E-state index in [1.807, 2.05) is 0 Å². The molecular formula is C11H7Cl2NO2. The quantitative estimate of drug-likeness (QED) is 0.619. The summed E-state index contributed by atoms with van der Waals surface area (Å²) < 4.78 is 0. The van der Waals surface area contributed by atoms with Crippen LogP contribution in [0.2, 0.25) is 10.0 Å². The number of carbonyl (C=O) groups excluding carboxylic acids is 2. The molecule has 82 valence electrons. The van der Waals surface area contributed by atoms with Gasteiger partial charge in [-0.05, 0) is 18.2 Å². The zero-order chi connectivity index (χ0) is 11.7. The van der Waals surface area contributed by atoms with E-state index in [1.165, 1.54) is 0 Å². The standard InChI is InChI=1S/C11H7Cl2NO2/c12-8-2-1-3-9(13)7(8)4-6-5-10(15)14-11(6)16/h1-4H,5H2,(H,14,15,16). The van der Waals surface area contributed by atoms with E-state index in [4.69, 9.17) is 23.2 Å². The van der Waals surface area contributed by atoms with Crippen LogP contribution in [0, 0.1) is 0 Å². The molecular weight excluding hydrogens is 249 g/mol. The third kappa shape index (κ3) is 2.10. The van der Waals surface area contributed by atoms with Crippen LogP contribution in [0.15, 0.2) is 23.8 Å². The van der Waals surface area contributed by atoms with E-state index in [-0.39, 0.29) is 18.2 Å². The summed E-state index contributed by atoms with van der Waals surface area (Å²) in [5.74, 6) is -0.694. The molecule has 0 aliphatic carbocycles. The minimum absolute atomic E-state index is 0.0698. The fourth-order valence-electron chi connectivity index (χ4n) is 1.44. The minimum atomic E-state index is -0.388. The molecule has 1 aromatic rings. The van der Waals surface area contributed by atoms with E-state index >= 15 is 0 Å². The summed E-state index contributed by atoms with van der Waals surface area (Å²) in [6.45, 7) is 0. The molecule has 0 aromatic heterocycles. The minimum Gasteiger partial charge on any atom is -0.292 e. The van der Waals surface area contributed by atoms with Crippen molar-refractivity contribution in [3.8, 4) is 0 Å². The Bertz CT molecular complexity index is 488. The lowest BCUT2D eigenvalue weighted by molar-refractivity contribution is -0.124. The molecule has 2 amide bonds. The Morgan fingerprint density at radius 2 is 1.81 bits per heavy atom.